The Labute approximate surface area is 158 Å². The van der Waals surface area contributed by atoms with E-state index in [9.17, 15) is 9.59 Å². The Kier molecular flexibility index (Phi) is 5.17. The molecule has 0 aliphatic heterocycles. The van der Waals surface area contributed by atoms with Crippen LogP contribution in [0.3, 0.4) is 0 Å². The monoisotopic (exact) mass is 366 g/mol. The highest BCUT2D eigenvalue weighted by molar-refractivity contribution is 6.06. The summed E-state index contributed by atoms with van der Waals surface area (Å²) >= 11 is 0. The van der Waals surface area contributed by atoms with Gasteiger partial charge < -0.3 is 10.3 Å². The number of nitrogens with one attached hydrogen (secondary N) is 2. The van der Waals surface area contributed by atoms with Crippen molar-refractivity contribution in [3.8, 4) is 0 Å². The van der Waals surface area contributed by atoms with E-state index in [0.717, 1.165) is 40.9 Å². The smallest absolute Gasteiger partial charge is 0.252 e. The first-order valence-corrected chi connectivity index (χ1v) is 9.34. The van der Waals surface area contributed by atoms with Crippen molar-refractivity contribution in [3.63, 3.8) is 0 Å². The lowest BCUT2D eigenvalue weighted by molar-refractivity contribution is 0.0937. The maximum Gasteiger partial charge on any atom is 0.252 e. The van der Waals surface area contributed by atoms with Crippen LogP contribution in [0.4, 0.5) is 0 Å². The Hall–Kier alpha value is -2.89. The molecule has 1 aromatic carbocycles. The second-order valence-corrected chi connectivity index (χ2v) is 6.88. The van der Waals surface area contributed by atoms with E-state index in [0.29, 0.717) is 11.1 Å². The molecule has 0 fully saturated rings. The Morgan fingerprint density at radius 2 is 2.00 bits per heavy atom. The molecule has 6 heteroatoms. The van der Waals surface area contributed by atoms with Gasteiger partial charge in [0.25, 0.3) is 5.91 Å². The fourth-order valence-electron chi connectivity index (χ4n) is 3.75. The highest BCUT2D eigenvalue weighted by Crippen LogP contribution is 2.25. The fourth-order valence-corrected chi connectivity index (χ4v) is 3.75. The first-order chi connectivity index (χ1) is 12.9. The van der Waals surface area contributed by atoms with Crippen LogP contribution in [0.15, 0.2) is 29.1 Å². The molecule has 0 spiro atoms. The molecule has 3 rings (SSSR count). The van der Waals surface area contributed by atoms with Gasteiger partial charge in [-0.1, -0.05) is 25.1 Å². The molecule has 0 radical (unpaired) electrons. The third kappa shape index (κ3) is 3.39. The molecular formula is C21H26N4O2. The van der Waals surface area contributed by atoms with Crippen LogP contribution in [0, 0.1) is 20.8 Å². The predicted octanol–water partition coefficient (Wildman–Crippen LogP) is 3.55. The van der Waals surface area contributed by atoms with E-state index in [1.165, 1.54) is 6.07 Å². The molecule has 0 bridgehead atoms. The highest BCUT2D eigenvalue weighted by Gasteiger charge is 2.23. The Morgan fingerprint density at radius 3 is 2.63 bits per heavy atom. The van der Waals surface area contributed by atoms with E-state index in [-0.39, 0.29) is 17.5 Å². The summed E-state index contributed by atoms with van der Waals surface area (Å²) in [6.07, 6.45) is 0.739. The molecule has 1 atom stereocenters. The lowest BCUT2D eigenvalue weighted by Crippen LogP contribution is -2.30. The summed E-state index contributed by atoms with van der Waals surface area (Å²) in [5.74, 6) is -0.244. The molecule has 0 saturated carbocycles. The molecule has 0 saturated heterocycles. The largest absolute Gasteiger partial charge is 0.345 e. The van der Waals surface area contributed by atoms with E-state index < -0.39 is 0 Å². The molecule has 0 unspecified atom stereocenters. The van der Waals surface area contributed by atoms with Crippen LogP contribution in [0.25, 0.3) is 10.9 Å². The van der Waals surface area contributed by atoms with Gasteiger partial charge in [-0.2, -0.15) is 5.10 Å². The lowest BCUT2D eigenvalue weighted by Gasteiger charge is -2.19. The minimum absolute atomic E-state index is 0.156. The van der Waals surface area contributed by atoms with Gasteiger partial charge in [0.15, 0.2) is 0 Å². The van der Waals surface area contributed by atoms with Crippen molar-refractivity contribution in [1.29, 1.82) is 0 Å². The minimum Gasteiger partial charge on any atom is -0.345 e. The summed E-state index contributed by atoms with van der Waals surface area (Å²) in [6, 6.07) is 6.89. The van der Waals surface area contributed by atoms with Crippen molar-refractivity contribution in [3.05, 3.63) is 62.7 Å². The molecule has 142 valence electrons. The number of amides is 1. The molecule has 27 heavy (non-hydrogen) atoms. The SMILES string of the molecule is CC[C@@H](NC(=O)c1cc(=O)[nH]c2c(C)cccc12)c1c(C)nn(CC)c1C. The van der Waals surface area contributed by atoms with Gasteiger partial charge >= 0.3 is 0 Å². The van der Waals surface area contributed by atoms with Gasteiger partial charge in [-0.05, 0) is 39.7 Å². The minimum atomic E-state index is -0.277. The third-order valence-electron chi connectivity index (χ3n) is 5.13. The van der Waals surface area contributed by atoms with E-state index in [4.69, 9.17) is 0 Å². The number of nitrogens with zero attached hydrogens (tertiary/aromatic N) is 2. The van der Waals surface area contributed by atoms with Crippen molar-refractivity contribution in [1.82, 2.24) is 20.1 Å². The van der Waals surface area contributed by atoms with Crippen molar-refractivity contribution in [2.24, 2.45) is 0 Å². The van der Waals surface area contributed by atoms with Crippen LogP contribution >= 0.6 is 0 Å². The van der Waals surface area contributed by atoms with E-state index in [1.54, 1.807) is 0 Å². The molecule has 0 aliphatic carbocycles. The van der Waals surface area contributed by atoms with Gasteiger partial charge in [0.1, 0.15) is 0 Å². The van der Waals surface area contributed by atoms with Crippen molar-refractivity contribution >= 4 is 16.8 Å². The third-order valence-corrected chi connectivity index (χ3v) is 5.13. The topological polar surface area (TPSA) is 79.8 Å². The zero-order valence-corrected chi connectivity index (χ0v) is 16.5. The number of hydrogen-bond acceptors (Lipinski definition) is 3. The summed E-state index contributed by atoms with van der Waals surface area (Å²) in [5.41, 5.74) is 4.80. The first-order valence-electron chi connectivity index (χ1n) is 9.34. The van der Waals surface area contributed by atoms with Crippen molar-refractivity contribution < 1.29 is 4.79 Å². The normalized spacial score (nSPS) is 12.3. The number of pyridine rings is 1. The van der Waals surface area contributed by atoms with Crippen LogP contribution in [0.5, 0.6) is 0 Å². The van der Waals surface area contributed by atoms with E-state index >= 15 is 0 Å². The number of aromatic nitrogens is 3. The number of para-hydroxylation sites is 1. The maximum absolute atomic E-state index is 13.1. The standard InChI is InChI=1S/C21H26N4O2/c1-6-17(19-13(4)24-25(7-2)14(19)5)22-21(27)16-11-18(26)23-20-12(3)9-8-10-15(16)20/h8-11,17H,6-7H2,1-5H3,(H,22,27)(H,23,26)/t17-/m1/s1. The van der Waals surface area contributed by atoms with Gasteiger partial charge in [0.2, 0.25) is 5.56 Å². The van der Waals surface area contributed by atoms with Gasteiger partial charge in [0, 0.05) is 29.3 Å². The Balaban J connectivity index is 2.02. The van der Waals surface area contributed by atoms with Crippen LogP contribution in [-0.2, 0) is 6.54 Å². The van der Waals surface area contributed by atoms with Gasteiger partial charge in [-0.25, -0.2) is 0 Å². The summed E-state index contributed by atoms with van der Waals surface area (Å²) in [6.45, 7) is 10.8. The number of fused-ring (bicyclic) bond motifs is 1. The zero-order valence-electron chi connectivity index (χ0n) is 16.5. The number of aromatic amines is 1. The molecule has 2 N–H and O–H groups in total. The summed E-state index contributed by atoms with van der Waals surface area (Å²) in [5, 5.41) is 8.43. The van der Waals surface area contributed by atoms with Crippen LogP contribution in [0.1, 0.15) is 59.2 Å². The second kappa shape index (κ2) is 7.39. The molecule has 2 heterocycles. The Bertz CT molecular complexity index is 1060. The molecule has 3 aromatic rings. The van der Waals surface area contributed by atoms with Crippen molar-refractivity contribution in [2.45, 2.75) is 53.6 Å². The number of H-pyrrole nitrogens is 1. The first kappa shape index (κ1) is 18.9. The number of hydrogen-bond donors (Lipinski definition) is 2. The highest BCUT2D eigenvalue weighted by atomic mass is 16.2. The van der Waals surface area contributed by atoms with Gasteiger partial charge in [0.05, 0.1) is 22.8 Å². The summed E-state index contributed by atoms with van der Waals surface area (Å²) < 4.78 is 1.95. The average molecular weight is 366 g/mol. The van der Waals surface area contributed by atoms with E-state index in [1.807, 2.05) is 57.5 Å². The molecule has 1 amide bonds. The summed E-state index contributed by atoms with van der Waals surface area (Å²) in [7, 11) is 0. The van der Waals surface area contributed by atoms with Gasteiger partial charge in [-0.15, -0.1) is 0 Å². The number of benzene rings is 1. The number of aryl methyl sites for hydroxylation is 3. The predicted molar refractivity (Wildman–Crippen MR) is 107 cm³/mol. The quantitative estimate of drug-likeness (QED) is 0.725. The molecule has 6 nitrogen and oxygen atoms in total. The fraction of sp³-hybridized carbons (Fsp3) is 0.381. The van der Waals surface area contributed by atoms with Gasteiger partial charge in [-0.3, -0.25) is 14.3 Å². The van der Waals surface area contributed by atoms with E-state index in [2.05, 4.69) is 15.4 Å². The maximum atomic E-state index is 13.1. The van der Waals surface area contributed by atoms with Crippen molar-refractivity contribution in [2.75, 3.05) is 0 Å². The summed E-state index contributed by atoms with van der Waals surface area (Å²) in [4.78, 5) is 28.0. The number of rotatable bonds is 5. The number of carbonyl (C=O) groups excluding carboxylic acids is 1. The van der Waals surface area contributed by atoms with Crippen LogP contribution in [-0.4, -0.2) is 20.7 Å². The lowest BCUT2D eigenvalue weighted by atomic mass is 10.0. The zero-order chi connectivity index (χ0) is 19.7. The molecule has 2 aromatic heterocycles. The second-order valence-electron chi connectivity index (χ2n) is 6.88. The van der Waals surface area contributed by atoms with Crippen LogP contribution in [0.2, 0.25) is 0 Å². The molecule has 0 aliphatic rings. The number of carbonyl (C=O) groups is 1. The Morgan fingerprint density at radius 1 is 1.26 bits per heavy atom. The van der Waals surface area contributed by atoms with Crippen LogP contribution < -0.4 is 10.9 Å². The molecular weight excluding hydrogens is 340 g/mol. The average Bonchev–Trinajstić information content (AvgIpc) is 2.93.